The first-order valence-corrected chi connectivity index (χ1v) is 6.94. The zero-order valence-corrected chi connectivity index (χ0v) is 11.9. The van der Waals surface area contributed by atoms with E-state index >= 15 is 0 Å². The van der Waals surface area contributed by atoms with Crippen molar-refractivity contribution < 1.29 is 0 Å². The smallest absolute Gasteiger partial charge is 0.0204 e. The van der Waals surface area contributed by atoms with Gasteiger partial charge in [0.15, 0.2) is 0 Å². The van der Waals surface area contributed by atoms with Crippen molar-refractivity contribution >= 4 is 15.9 Å². The minimum atomic E-state index is 0.681. The summed E-state index contributed by atoms with van der Waals surface area (Å²) in [4.78, 5) is 0. The summed E-state index contributed by atoms with van der Waals surface area (Å²) in [6.45, 7) is 5.20. The minimum absolute atomic E-state index is 0.681. The zero-order valence-electron chi connectivity index (χ0n) is 10.3. The van der Waals surface area contributed by atoms with Gasteiger partial charge < -0.3 is 5.73 Å². The van der Waals surface area contributed by atoms with Crippen molar-refractivity contribution in [1.29, 1.82) is 0 Å². The Hall–Kier alpha value is -0.340. The molecule has 2 heteroatoms. The molecule has 0 aliphatic heterocycles. The van der Waals surface area contributed by atoms with Gasteiger partial charge in [0.2, 0.25) is 0 Å². The van der Waals surface area contributed by atoms with Gasteiger partial charge in [-0.3, -0.25) is 0 Å². The van der Waals surface area contributed by atoms with E-state index in [0.717, 1.165) is 13.0 Å². The number of benzene rings is 1. The fourth-order valence-corrected chi connectivity index (χ4v) is 2.36. The van der Waals surface area contributed by atoms with Crippen LogP contribution in [0.2, 0.25) is 0 Å². The third-order valence-corrected chi connectivity index (χ3v) is 3.94. The SMILES string of the molecule is CCCC(CCCN)c1ccc(Br)c(C)c1. The lowest BCUT2D eigenvalue weighted by atomic mass is 9.89. The summed E-state index contributed by atoms with van der Waals surface area (Å²) in [6, 6.07) is 6.71. The highest BCUT2D eigenvalue weighted by molar-refractivity contribution is 9.10. The molecule has 1 atom stereocenters. The summed E-state index contributed by atoms with van der Waals surface area (Å²) in [5, 5.41) is 0. The van der Waals surface area contributed by atoms with Crippen LogP contribution in [-0.4, -0.2) is 6.54 Å². The van der Waals surface area contributed by atoms with Crippen LogP contribution in [0.1, 0.15) is 49.7 Å². The van der Waals surface area contributed by atoms with E-state index in [0.29, 0.717) is 5.92 Å². The molecule has 0 saturated carbocycles. The van der Waals surface area contributed by atoms with Crippen molar-refractivity contribution in [2.45, 2.75) is 45.4 Å². The minimum Gasteiger partial charge on any atom is -0.330 e. The number of rotatable bonds is 6. The third-order valence-electron chi connectivity index (χ3n) is 3.05. The van der Waals surface area contributed by atoms with Crippen LogP contribution in [0.25, 0.3) is 0 Å². The van der Waals surface area contributed by atoms with Crippen molar-refractivity contribution in [3.05, 3.63) is 33.8 Å². The van der Waals surface area contributed by atoms with Crippen molar-refractivity contribution in [3.63, 3.8) is 0 Å². The van der Waals surface area contributed by atoms with Crippen LogP contribution in [0.3, 0.4) is 0 Å². The van der Waals surface area contributed by atoms with Crippen molar-refractivity contribution in [2.24, 2.45) is 5.73 Å². The van der Waals surface area contributed by atoms with E-state index in [1.165, 1.54) is 34.9 Å². The van der Waals surface area contributed by atoms with Crippen LogP contribution in [0, 0.1) is 6.92 Å². The summed E-state index contributed by atoms with van der Waals surface area (Å²) >= 11 is 3.55. The molecule has 0 saturated heterocycles. The van der Waals surface area contributed by atoms with Crippen molar-refractivity contribution in [1.82, 2.24) is 0 Å². The maximum atomic E-state index is 5.60. The van der Waals surface area contributed by atoms with Crippen LogP contribution in [0.5, 0.6) is 0 Å². The average molecular weight is 284 g/mol. The third kappa shape index (κ3) is 3.91. The van der Waals surface area contributed by atoms with Crippen LogP contribution in [0.4, 0.5) is 0 Å². The molecular formula is C14H22BrN. The highest BCUT2D eigenvalue weighted by Gasteiger charge is 2.10. The topological polar surface area (TPSA) is 26.0 Å². The van der Waals surface area contributed by atoms with E-state index in [4.69, 9.17) is 5.73 Å². The summed E-state index contributed by atoms with van der Waals surface area (Å²) in [7, 11) is 0. The lowest BCUT2D eigenvalue weighted by Gasteiger charge is -2.17. The second-order valence-corrected chi connectivity index (χ2v) is 5.28. The van der Waals surface area contributed by atoms with E-state index in [1.807, 2.05) is 0 Å². The molecule has 2 N–H and O–H groups in total. The Morgan fingerprint density at radius 1 is 1.31 bits per heavy atom. The summed E-state index contributed by atoms with van der Waals surface area (Å²) in [5.74, 6) is 0.681. The Balaban J connectivity index is 2.78. The van der Waals surface area contributed by atoms with Gasteiger partial charge >= 0.3 is 0 Å². The van der Waals surface area contributed by atoms with Gasteiger partial charge in [-0.2, -0.15) is 0 Å². The highest BCUT2D eigenvalue weighted by atomic mass is 79.9. The molecule has 1 nitrogen and oxygen atoms in total. The predicted octanol–water partition coefficient (Wildman–Crippen LogP) is 4.38. The van der Waals surface area contributed by atoms with Gasteiger partial charge in [-0.25, -0.2) is 0 Å². The molecule has 0 spiro atoms. The fourth-order valence-electron chi connectivity index (χ4n) is 2.11. The van der Waals surface area contributed by atoms with E-state index in [9.17, 15) is 0 Å². The lowest BCUT2D eigenvalue weighted by Crippen LogP contribution is -2.04. The number of aryl methyl sites for hydroxylation is 1. The molecule has 0 amide bonds. The molecule has 16 heavy (non-hydrogen) atoms. The average Bonchev–Trinajstić information content (AvgIpc) is 2.28. The highest BCUT2D eigenvalue weighted by Crippen LogP contribution is 2.29. The Labute approximate surface area is 108 Å². The fraction of sp³-hybridized carbons (Fsp3) is 0.571. The quantitative estimate of drug-likeness (QED) is 0.824. The first-order chi connectivity index (χ1) is 7.69. The number of halogens is 1. The lowest BCUT2D eigenvalue weighted by molar-refractivity contribution is 0.549. The second kappa shape index (κ2) is 7.08. The Bertz CT molecular complexity index is 323. The standard InChI is InChI=1S/C14H22BrN/c1-3-5-12(6-4-9-16)13-7-8-14(15)11(2)10-13/h7-8,10,12H,3-6,9,16H2,1-2H3. The van der Waals surface area contributed by atoms with Gasteiger partial charge in [-0.15, -0.1) is 0 Å². The maximum Gasteiger partial charge on any atom is 0.0204 e. The normalized spacial score (nSPS) is 12.8. The Kier molecular flexibility index (Phi) is 6.07. The molecule has 0 heterocycles. The molecule has 0 aliphatic carbocycles. The van der Waals surface area contributed by atoms with Crippen LogP contribution < -0.4 is 5.73 Å². The van der Waals surface area contributed by atoms with E-state index in [-0.39, 0.29) is 0 Å². The largest absolute Gasteiger partial charge is 0.330 e. The molecule has 0 radical (unpaired) electrons. The monoisotopic (exact) mass is 283 g/mol. The van der Waals surface area contributed by atoms with Gasteiger partial charge in [0.05, 0.1) is 0 Å². The van der Waals surface area contributed by atoms with Crippen LogP contribution in [0.15, 0.2) is 22.7 Å². The molecule has 0 aromatic heterocycles. The van der Waals surface area contributed by atoms with E-state index in [1.54, 1.807) is 0 Å². The predicted molar refractivity (Wildman–Crippen MR) is 74.8 cm³/mol. The van der Waals surface area contributed by atoms with E-state index in [2.05, 4.69) is 48.0 Å². The maximum absolute atomic E-state index is 5.60. The summed E-state index contributed by atoms with van der Waals surface area (Å²) in [5.41, 5.74) is 8.39. The molecule has 1 aromatic rings. The number of hydrogen-bond donors (Lipinski definition) is 1. The van der Waals surface area contributed by atoms with Crippen molar-refractivity contribution in [3.8, 4) is 0 Å². The second-order valence-electron chi connectivity index (χ2n) is 4.43. The Morgan fingerprint density at radius 2 is 2.06 bits per heavy atom. The molecule has 1 aromatic carbocycles. The molecule has 90 valence electrons. The van der Waals surface area contributed by atoms with Gasteiger partial charge in [0, 0.05) is 4.47 Å². The van der Waals surface area contributed by atoms with Crippen molar-refractivity contribution in [2.75, 3.05) is 6.54 Å². The van der Waals surface area contributed by atoms with Crippen LogP contribution in [-0.2, 0) is 0 Å². The molecule has 0 bridgehead atoms. The molecular weight excluding hydrogens is 262 g/mol. The zero-order chi connectivity index (χ0) is 12.0. The van der Waals surface area contributed by atoms with E-state index < -0.39 is 0 Å². The van der Waals surface area contributed by atoms with Gasteiger partial charge in [-0.05, 0) is 55.8 Å². The Morgan fingerprint density at radius 3 is 2.62 bits per heavy atom. The molecule has 0 aliphatic rings. The number of hydrogen-bond acceptors (Lipinski definition) is 1. The van der Waals surface area contributed by atoms with Gasteiger partial charge in [0.1, 0.15) is 0 Å². The summed E-state index contributed by atoms with van der Waals surface area (Å²) < 4.78 is 1.20. The van der Waals surface area contributed by atoms with Gasteiger partial charge in [-0.1, -0.05) is 41.4 Å². The number of nitrogens with two attached hydrogens (primary N) is 1. The molecule has 1 rings (SSSR count). The molecule has 1 unspecified atom stereocenters. The van der Waals surface area contributed by atoms with Crippen LogP contribution >= 0.6 is 15.9 Å². The summed E-state index contributed by atoms with van der Waals surface area (Å²) in [6.07, 6.45) is 4.84. The molecule has 0 fully saturated rings. The first-order valence-electron chi connectivity index (χ1n) is 6.15. The van der Waals surface area contributed by atoms with Gasteiger partial charge in [0.25, 0.3) is 0 Å². The first kappa shape index (κ1) is 13.7.